The number of para-hydroxylation sites is 1. The Labute approximate surface area is 177 Å². The van der Waals surface area contributed by atoms with E-state index in [0.29, 0.717) is 23.4 Å². The third kappa shape index (κ3) is 5.46. The number of carbonyl (C=O) groups is 1. The molecule has 0 spiro atoms. The fraction of sp³-hybridized carbons (Fsp3) is 0.174. The second kappa shape index (κ2) is 9.11. The van der Waals surface area contributed by atoms with Crippen LogP contribution < -0.4 is 15.8 Å². The number of amides is 1. The van der Waals surface area contributed by atoms with Crippen molar-refractivity contribution in [1.29, 1.82) is 0 Å². The maximum Gasteiger partial charge on any atom is 0.251 e. The maximum atomic E-state index is 12.9. The Morgan fingerprint density at radius 1 is 0.967 bits per heavy atom. The summed E-state index contributed by atoms with van der Waals surface area (Å²) in [7, 11) is -3.43. The molecule has 1 atom stereocenters. The summed E-state index contributed by atoms with van der Waals surface area (Å²) in [5, 5.41) is 2.95. The molecule has 0 aliphatic heterocycles. The number of hydrogen-bond donors (Lipinski definition) is 3. The Morgan fingerprint density at radius 3 is 2.33 bits per heavy atom. The number of carbonyl (C=O) groups excluding carboxylic acids is 1. The number of nitrogens with two attached hydrogens (primary N) is 1. The van der Waals surface area contributed by atoms with E-state index in [-0.39, 0.29) is 5.91 Å². The Bertz CT molecular complexity index is 1160. The first kappa shape index (κ1) is 21.5. The molecule has 1 amide bonds. The van der Waals surface area contributed by atoms with E-state index >= 15 is 0 Å². The van der Waals surface area contributed by atoms with Gasteiger partial charge in [0.1, 0.15) is 0 Å². The summed E-state index contributed by atoms with van der Waals surface area (Å²) < 4.78 is 25.8. The standard InChI is InChI=1S/C23H25N3O3S/c1-16(21-11-3-4-12-22(21)26-30(2,28)29)25-23(27)20-10-6-9-19(14-20)18-8-5-7-17(13-18)15-24/h3-14,16,26H,15,24H2,1-2H3,(H,25,27). The van der Waals surface area contributed by atoms with Gasteiger partial charge in [-0.1, -0.05) is 48.5 Å². The van der Waals surface area contributed by atoms with Gasteiger partial charge in [0.15, 0.2) is 0 Å². The Kier molecular flexibility index (Phi) is 6.54. The first-order valence-electron chi connectivity index (χ1n) is 9.54. The van der Waals surface area contributed by atoms with Crippen LogP contribution in [-0.2, 0) is 16.6 Å². The van der Waals surface area contributed by atoms with Gasteiger partial charge in [0.05, 0.1) is 18.0 Å². The van der Waals surface area contributed by atoms with Crippen molar-refractivity contribution in [2.45, 2.75) is 19.5 Å². The highest BCUT2D eigenvalue weighted by Crippen LogP contribution is 2.25. The zero-order chi connectivity index (χ0) is 21.7. The van der Waals surface area contributed by atoms with Gasteiger partial charge in [-0.25, -0.2) is 8.42 Å². The van der Waals surface area contributed by atoms with Gasteiger partial charge >= 0.3 is 0 Å². The summed E-state index contributed by atoms with van der Waals surface area (Å²) in [6.07, 6.45) is 1.10. The lowest BCUT2D eigenvalue weighted by Crippen LogP contribution is -2.27. The molecule has 3 rings (SSSR count). The van der Waals surface area contributed by atoms with Crippen molar-refractivity contribution in [3.05, 3.63) is 89.5 Å². The predicted octanol–water partition coefficient (Wildman–Crippen LogP) is 3.67. The normalized spacial score (nSPS) is 12.2. The van der Waals surface area contributed by atoms with Crippen LogP contribution in [0.4, 0.5) is 5.69 Å². The van der Waals surface area contributed by atoms with E-state index in [1.807, 2.05) is 49.4 Å². The van der Waals surface area contributed by atoms with Crippen molar-refractivity contribution in [2.24, 2.45) is 5.73 Å². The molecule has 3 aromatic carbocycles. The second-order valence-corrected chi connectivity index (χ2v) is 8.89. The van der Waals surface area contributed by atoms with Crippen molar-refractivity contribution in [1.82, 2.24) is 5.32 Å². The summed E-state index contributed by atoms with van der Waals surface area (Å²) in [4.78, 5) is 12.9. The number of rotatable bonds is 7. The van der Waals surface area contributed by atoms with Crippen molar-refractivity contribution in [3.63, 3.8) is 0 Å². The monoisotopic (exact) mass is 423 g/mol. The average Bonchev–Trinajstić information content (AvgIpc) is 2.73. The fourth-order valence-electron chi connectivity index (χ4n) is 3.24. The Balaban J connectivity index is 1.82. The quantitative estimate of drug-likeness (QED) is 0.540. The first-order valence-corrected chi connectivity index (χ1v) is 11.4. The number of sulfonamides is 1. The van der Waals surface area contributed by atoms with Gasteiger partial charge in [0.25, 0.3) is 5.91 Å². The summed E-state index contributed by atoms with van der Waals surface area (Å²) >= 11 is 0. The van der Waals surface area contributed by atoms with Crippen LogP contribution in [0.25, 0.3) is 11.1 Å². The highest BCUT2D eigenvalue weighted by atomic mass is 32.2. The number of anilines is 1. The van der Waals surface area contributed by atoms with Crippen LogP contribution in [0.5, 0.6) is 0 Å². The largest absolute Gasteiger partial charge is 0.345 e. The van der Waals surface area contributed by atoms with E-state index in [4.69, 9.17) is 5.73 Å². The van der Waals surface area contributed by atoms with E-state index in [1.54, 1.807) is 30.3 Å². The van der Waals surface area contributed by atoms with E-state index < -0.39 is 16.1 Å². The van der Waals surface area contributed by atoms with E-state index in [2.05, 4.69) is 10.0 Å². The minimum Gasteiger partial charge on any atom is -0.345 e. The van der Waals surface area contributed by atoms with Gasteiger partial charge < -0.3 is 11.1 Å². The lowest BCUT2D eigenvalue weighted by molar-refractivity contribution is 0.0940. The van der Waals surface area contributed by atoms with Crippen LogP contribution in [0.2, 0.25) is 0 Å². The molecule has 0 heterocycles. The summed E-state index contributed by atoms with van der Waals surface area (Å²) in [6, 6.07) is 21.9. The molecule has 0 aromatic heterocycles. The third-order valence-corrected chi connectivity index (χ3v) is 5.28. The van der Waals surface area contributed by atoms with Crippen LogP contribution in [0.3, 0.4) is 0 Å². The summed E-state index contributed by atoms with van der Waals surface area (Å²) in [6.45, 7) is 2.27. The molecule has 0 saturated carbocycles. The van der Waals surface area contributed by atoms with Crippen LogP contribution in [-0.4, -0.2) is 20.6 Å². The average molecular weight is 424 g/mol. The molecule has 1 unspecified atom stereocenters. The van der Waals surface area contributed by atoms with E-state index in [9.17, 15) is 13.2 Å². The molecule has 0 bridgehead atoms. The van der Waals surface area contributed by atoms with Crippen molar-refractivity contribution in [3.8, 4) is 11.1 Å². The van der Waals surface area contributed by atoms with Gasteiger partial charge in [0.2, 0.25) is 10.0 Å². The molecule has 30 heavy (non-hydrogen) atoms. The highest BCUT2D eigenvalue weighted by molar-refractivity contribution is 7.92. The van der Waals surface area contributed by atoms with Crippen molar-refractivity contribution >= 4 is 21.6 Å². The zero-order valence-electron chi connectivity index (χ0n) is 16.9. The van der Waals surface area contributed by atoms with Crippen LogP contribution in [0.1, 0.15) is 34.5 Å². The highest BCUT2D eigenvalue weighted by Gasteiger charge is 2.16. The molecule has 7 heteroatoms. The molecule has 0 radical (unpaired) electrons. The molecule has 0 aliphatic carbocycles. The van der Waals surface area contributed by atoms with Crippen molar-refractivity contribution < 1.29 is 13.2 Å². The molecule has 156 valence electrons. The SMILES string of the molecule is CC(NC(=O)c1cccc(-c2cccc(CN)c2)c1)c1ccccc1NS(C)(=O)=O. The van der Waals surface area contributed by atoms with Gasteiger partial charge in [-0.3, -0.25) is 9.52 Å². The molecular formula is C23H25N3O3S. The van der Waals surface area contributed by atoms with Gasteiger partial charge in [-0.15, -0.1) is 0 Å². The smallest absolute Gasteiger partial charge is 0.251 e. The molecule has 4 N–H and O–H groups in total. The summed E-state index contributed by atoms with van der Waals surface area (Å²) in [5.41, 5.74) is 10.3. The maximum absolute atomic E-state index is 12.9. The van der Waals surface area contributed by atoms with Crippen LogP contribution in [0.15, 0.2) is 72.8 Å². The molecule has 0 aliphatic rings. The van der Waals surface area contributed by atoms with Crippen LogP contribution in [0, 0.1) is 0 Å². The molecule has 6 nitrogen and oxygen atoms in total. The van der Waals surface area contributed by atoms with Gasteiger partial charge in [-0.05, 0) is 53.4 Å². The minimum absolute atomic E-state index is 0.242. The zero-order valence-corrected chi connectivity index (χ0v) is 17.7. The topological polar surface area (TPSA) is 101 Å². The number of benzene rings is 3. The van der Waals surface area contributed by atoms with Crippen LogP contribution >= 0.6 is 0 Å². The van der Waals surface area contributed by atoms with Crippen molar-refractivity contribution in [2.75, 3.05) is 11.0 Å². The van der Waals surface area contributed by atoms with Gasteiger partial charge in [-0.2, -0.15) is 0 Å². The molecular weight excluding hydrogens is 398 g/mol. The van der Waals surface area contributed by atoms with E-state index in [1.165, 1.54) is 0 Å². The Hall–Kier alpha value is -3.16. The predicted molar refractivity (Wildman–Crippen MR) is 121 cm³/mol. The van der Waals surface area contributed by atoms with Gasteiger partial charge in [0, 0.05) is 12.1 Å². The minimum atomic E-state index is -3.43. The molecule has 3 aromatic rings. The Morgan fingerprint density at radius 2 is 1.63 bits per heavy atom. The molecule has 0 fully saturated rings. The number of nitrogens with one attached hydrogen (secondary N) is 2. The first-order chi connectivity index (χ1) is 14.3. The summed E-state index contributed by atoms with van der Waals surface area (Å²) in [5.74, 6) is -0.242. The second-order valence-electron chi connectivity index (χ2n) is 7.14. The third-order valence-electron chi connectivity index (χ3n) is 4.69. The lowest BCUT2D eigenvalue weighted by Gasteiger charge is -2.18. The fourth-order valence-corrected chi connectivity index (χ4v) is 3.83. The lowest BCUT2D eigenvalue weighted by atomic mass is 10.0. The van der Waals surface area contributed by atoms with E-state index in [0.717, 1.165) is 22.9 Å². The molecule has 0 saturated heterocycles. The number of hydrogen-bond acceptors (Lipinski definition) is 4.